The first-order valence-corrected chi connectivity index (χ1v) is 18.2. The molecule has 0 aromatic heterocycles. The maximum atomic E-state index is 5.15. The van der Waals surface area contributed by atoms with E-state index < -0.39 is 0 Å². The third kappa shape index (κ3) is 8.67. The molecule has 7 aromatic rings. The molecule has 0 bridgehead atoms. The van der Waals surface area contributed by atoms with Crippen LogP contribution in [-0.2, 0) is 13.1 Å². The van der Waals surface area contributed by atoms with Gasteiger partial charge in [0.1, 0.15) is 0 Å². The van der Waals surface area contributed by atoms with Crippen molar-refractivity contribution < 1.29 is 0 Å². The normalized spacial score (nSPS) is 11.7. The molecular formula is C49H43N5. The van der Waals surface area contributed by atoms with Gasteiger partial charge in [-0.2, -0.15) is 0 Å². The first-order valence-electron chi connectivity index (χ1n) is 18.2. The van der Waals surface area contributed by atoms with Gasteiger partial charge in [-0.3, -0.25) is 4.99 Å². The highest BCUT2D eigenvalue weighted by molar-refractivity contribution is 6.13. The highest BCUT2D eigenvalue weighted by atomic mass is 15.0. The van der Waals surface area contributed by atoms with Crippen molar-refractivity contribution in [3.8, 4) is 44.5 Å². The molecule has 7 aromatic carbocycles. The number of rotatable bonds is 11. The van der Waals surface area contributed by atoms with E-state index in [1.54, 1.807) is 0 Å². The van der Waals surface area contributed by atoms with Crippen LogP contribution in [0.5, 0.6) is 0 Å². The van der Waals surface area contributed by atoms with Crippen molar-refractivity contribution in [1.82, 2.24) is 5.32 Å². The second kappa shape index (κ2) is 17.2. The monoisotopic (exact) mass is 701 g/mol. The third-order valence-electron chi connectivity index (χ3n) is 9.37. The Morgan fingerprint density at radius 3 is 1.54 bits per heavy atom. The molecule has 0 amide bonds. The first kappa shape index (κ1) is 35.7. The number of nitrogens with one attached hydrogen (secondary N) is 2. The van der Waals surface area contributed by atoms with Crippen LogP contribution in [0.4, 0.5) is 5.69 Å². The van der Waals surface area contributed by atoms with E-state index in [0.29, 0.717) is 18.2 Å². The molecule has 0 saturated carbocycles. The zero-order chi connectivity index (χ0) is 37.1. The van der Waals surface area contributed by atoms with Crippen LogP contribution in [-0.4, -0.2) is 32.5 Å². The molecule has 0 fully saturated rings. The summed E-state index contributed by atoms with van der Waals surface area (Å²) in [6.07, 6.45) is 0. The first-order chi connectivity index (χ1) is 26.6. The number of aliphatic imine (C=N–C) groups is 3. The molecule has 0 aliphatic carbocycles. The molecule has 7 rings (SSSR count). The Balaban J connectivity index is 1.23. The van der Waals surface area contributed by atoms with Gasteiger partial charge in [0, 0.05) is 30.4 Å². The van der Waals surface area contributed by atoms with Gasteiger partial charge in [0.05, 0.1) is 6.54 Å². The van der Waals surface area contributed by atoms with E-state index in [2.05, 4.69) is 168 Å². The average Bonchev–Trinajstić information content (AvgIpc) is 3.24. The lowest BCUT2D eigenvalue weighted by Gasteiger charge is -2.11. The van der Waals surface area contributed by atoms with Gasteiger partial charge in [0.15, 0.2) is 11.7 Å². The number of hydrogen-bond donors (Lipinski definition) is 2. The number of benzene rings is 7. The van der Waals surface area contributed by atoms with E-state index in [1.807, 2.05) is 44.4 Å². The van der Waals surface area contributed by atoms with Crippen LogP contribution in [0.2, 0.25) is 0 Å². The molecule has 5 nitrogen and oxygen atoms in total. The van der Waals surface area contributed by atoms with Crippen LogP contribution < -0.4 is 10.6 Å². The van der Waals surface area contributed by atoms with Crippen molar-refractivity contribution in [2.45, 2.75) is 13.1 Å². The molecular weight excluding hydrogens is 659 g/mol. The SMILES string of the molecule is C=NC(=NC(=NCc1cccc(-c2cccc(-c3cccc(NC)c3)c2)c1)c1cccc(-c2cccc(-c3cccc(CNC)c3)c2)c1)c1ccccc1. The molecule has 0 radical (unpaired) electrons. The van der Waals surface area contributed by atoms with Crippen LogP contribution in [0.15, 0.2) is 191 Å². The van der Waals surface area contributed by atoms with E-state index in [0.717, 1.165) is 51.2 Å². The fourth-order valence-electron chi connectivity index (χ4n) is 6.60. The number of amidine groups is 2. The van der Waals surface area contributed by atoms with Crippen molar-refractivity contribution in [3.05, 3.63) is 198 Å². The Morgan fingerprint density at radius 2 is 0.944 bits per heavy atom. The van der Waals surface area contributed by atoms with E-state index in [9.17, 15) is 0 Å². The van der Waals surface area contributed by atoms with Gasteiger partial charge < -0.3 is 10.6 Å². The van der Waals surface area contributed by atoms with Crippen LogP contribution in [0.25, 0.3) is 44.5 Å². The lowest BCUT2D eigenvalue weighted by molar-refractivity contribution is 0.818. The summed E-state index contributed by atoms with van der Waals surface area (Å²) in [7, 11) is 3.91. The minimum Gasteiger partial charge on any atom is -0.388 e. The standard InChI is InChI=1S/C49H43N5/c1-50-33-35-13-7-17-38(27-35)40-19-9-21-42(29-40)44-23-11-25-46(31-44)49(54-48(52-3)37-15-5-4-6-16-37)53-34-36-14-8-18-39(28-36)41-20-10-22-43(30-41)45-24-12-26-47(32-45)51-2/h4-32,50-51H,3,33-34H2,1-2H3. The predicted octanol–water partition coefficient (Wildman–Crippen LogP) is 11.2. The average molecular weight is 702 g/mol. The van der Waals surface area contributed by atoms with Crippen molar-refractivity contribution in [2.75, 3.05) is 19.4 Å². The van der Waals surface area contributed by atoms with Crippen molar-refractivity contribution in [2.24, 2.45) is 15.0 Å². The van der Waals surface area contributed by atoms with Crippen molar-refractivity contribution in [3.63, 3.8) is 0 Å². The van der Waals surface area contributed by atoms with Gasteiger partial charge in [-0.15, -0.1) is 0 Å². The molecule has 0 atom stereocenters. The van der Waals surface area contributed by atoms with Crippen LogP contribution in [0.1, 0.15) is 22.3 Å². The molecule has 0 unspecified atom stereocenters. The molecule has 5 heteroatoms. The Kier molecular flexibility index (Phi) is 11.4. The smallest absolute Gasteiger partial charge is 0.161 e. The second-order valence-corrected chi connectivity index (χ2v) is 13.1. The van der Waals surface area contributed by atoms with E-state index >= 15 is 0 Å². The lowest BCUT2D eigenvalue weighted by Crippen LogP contribution is -2.06. The molecule has 0 spiro atoms. The van der Waals surface area contributed by atoms with E-state index in [4.69, 9.17) is 9.98 Å². The Bertz CT molecular complexity index is 2440. The zero-order valence-electron chi connectivity index (χ0n) is 30.7. The Morgan fingerprint density at radius 1 is 0.463 bits per heavy atom. The summed E-state index contributed by atoms with van der Waals surface area (Å²) < 4.78 is 0. The van der Waals surface area contributed by atoms with Gasteiger partial charge in [0.2, 0.25) is 0 Å². The number of anilines is 1. The van der Waals surface area contributed by atoms with E-state index in [1.165, 1.54) is 27.8 Å². The summed E-state index contributed by atoms with van der Waals surface area (Å²) >= 11 is 0. The topological polar surface area (TPSA) is 61.1 Å². The quantitative estimate of drug-likeness (QED) is 0.104. The molecule has 0 aliphatic heterocycles. The van der Waals surface area contributed by atoms with E-state index in [-0.39, 0.29) is 0 Å². The Labute approximate surface area is 318 Å². The highest BCUT2D eigenvalue weighted by Crippen LogP contribution is 2.30. The third-order valence-corrected chi connectivity index (χ3v) is 9.37. The number of hydrogen-bond acceptors (Lipinski definition) is 3. The van der Waals surface area contributed by atoms with Gasteiger partial charge in [0.25, 0.3) is 0 Å². The molecule has 0 aliphatic rings. The van der Waals surface area contributed by atoms with Crippen LogP contribution in [0.3, 0.4) is 0 Å². The summed E-state index contributed by atoms with van der Waals surface area (Å²) in [6, 6.07) is 61.4. The summed E-state index contributed by atoms with van der Waals surface area (Å²) in [5, 5.41) is 6.49. The highest BCUT2D eigenvalue weighted by Gasteiger charge is 2.11. The fraction of sp³-hybridized carbons (Fsp3) is 0.0816. The Hall–Kier alpha value is -6.69. The summed E-state index contributed by atoms with van der Waals surface area (Å²) in [5.41, 5.74) is 14.4. The summed E-state index contributed by atoms with van der Waals surface area (Å²) in [4.78, 5) is 14.5. The minimum atomic E-state index is 0.443. The van der Waals surface area contributed by atoms with Crippen molar-refractivity contribution >= 4 is 24.1 Å². The van der Waals surface area contributed by atoms with Gasteiger partial charge in [-0.1, -0.05) is 133 Å². The molecule has 54 heavy (non-hydrogen) atoms. The predicted molar refractivity (Wildman–Crippen MR) is 230 cm³/mol. The van der Waals surface area contributed by atoms with Crippen molar-refractivity contribution in [1.29, 1.82) is 0 Å². The summed E-state index contributed by atoms with van der Waals surface area (Å²) in [6.45, 7) is 5.13. The molecule has 0 heterocycles. The van der Waals surface area contributed by atoms with Gasteiger partial charge in [-0.05, 0) is 112 Å². The van der Waals surface area contributed by atoms with Gasteiger partial charge >= 0.3 is 0 Å². The minimum absolute atomic E-state index is 0.443. The maximum absolute atomic E-state index is 5.15. The fourth-order valence-corrected chi connectivity index (χ4v) is 6.60. The zero-order valence-corrected chi connectivity index (χ0v) is 30.7. The molecule has 2 N–H and O–H groups in total. The second-order valence-electron chi connectivity index (χ2n) is 13.1. The summed E-state index contributed by atoms with van der Waals surface area (Å²) in [5.74, 6) is 1.12. The number of nitrogens with zero attached hydrogens (tertiary/aromatic N) is 3. The molecule has 264 valence electrons. The largest absolute Gasteiger partial charge is 0.388 e. The van der Waals surface area contributed by atoms with Crippen LogP contribution in [0, 0.1) is 0 Å². The molecule has 0 saturated heterocycles. The van der Waals surface area contributed by atoms with Gasteiger partial charge in [-0.25, -0.2) is 9.98 Å². The maximum Gasteiger partial charge on any atom is 0.161 e. The van der Waals surface area contributed by atoms with Crippen LogP contribution >= 0.6 is 0 Å². The lowest BCUT2D eigenvalue weighted by atomic mass is 9.97.